The summed E-state index contributed by atoms with van der Waals surface area (Å²) in [5, 5.41) is 2.80. The molecule has 0 aliphatic carbocycles. The molecule has 2 aromatic rings. The fraction of sp³-hybridized carbons (Fsp3) is 0.381. The van der Waals surface area contributed by atoms with Gasteiger partial charge in [0.2, 0.25) is 15.9 Å². The van der Waals surface area contributed by atoms with Crippen molar-refractivity contribution >= 4 is 27.3 Å². The lowest BCUT2D eigenvalue weighted by molar-refractivity contribution is -0.114. The highest BCUT2D eigenvalue weighted by Crippen LogP contribution is 2.25. The van der Waals surface area contributed by atoms with Crippen molar-refractivity contribution in [2.75, 3.05) is 36.9 Å². The van der Waals surface area contributed by atoms with Crippen molar-refractivity contribution in [3.05, 3.63) is 53.8 Å². The van der Waals surface area contributed by atoms with E-state index in [4.69, 9.17) is 0 Å². The molecular weight excluding hydrogens is 393 g/mol. The van der Waals surface area contributed by atoms with Crippen molar-refractivity contribution in [3.8, 4) is 0 Å². The minimum atomic E-state index is -3.57. The number of nitrogens with one attached hydrogen (secondary N) is 1. The highest BCUT2D eigenvalue weighted by molar-refractivity contribution is 7.89. The van der Waals surface area contributed by atoms with Gasteiger partial charge < -0.3 is 10.2 Å². The third-order valence-electron chi connectivity index (χ3n) is 5.08. The third-order valence-corrected chi connectivity index (χ3v) is 6.98. The summed E-state index contributed by atoms with van der Waals surface area (Å²) in [5.41, 5.74) is 1.96. The smallest absolute Gasteiger partial charge is 0.243 e. The van der Waals surface area contributed by atoms with Crippen LogP contribution in [-0.2, 0) is 14.8 Å². The van der Waals surface area contributed by atoms with Crippen molar-refractivity contribution in [1.29, 1.82) is 0 Å². The minimum Gasteiger partial charge on any atom is -0.365 e. The van der Waals surface area contributed by atoms with Crippen LogP contribution in [0.3, 0.4) is 0 Å². The number of anilines is 2. The molecule has 1 fully saturated rings. The van der Waals surface area contributed by atoms with Gasteiger partial charge in [-0.2, -0.15) is 4.31 Å². The monoisotopic (exact) mass is 419 g/mol. The second-order valence-corrected chi connectivity index (χ2v) is 9.26. The van der Waals surface area contributed by atoms with Gasteiger partial charge >= 0.3 is 0 Å². The van der Waals surface area contributed by atoms with Crippen LogP contribution in [0, 0.1) is 12.7 Å². The van der Waals surface area contributed by atoms with E-state index in [9.17, 15) is 17.6 Å². The normalized spacial score (nSPS) is 15.1. The molecule has 1 heterocycles. The Morgan fingerprint density at radius 3 is 2.41 bits per heavy atom. The summed E-state index contributed by atoms with van der Waals surface area (Å²) in [7, 11) is -1.84. The molecule has 0 atom stereocenters. The zero-order valence-electron chi connectivity index (χ0n) is 16.7. The molecule has 8 heteroatoms. The Bertz CT molecular complexity index is 971. The minimum absolute atomic E-state index is 0.0498. The number of aryl methyl sites for hydroxylation is 1. The lowest BCUT2D eigenvalue weighted by Gasteiger charge is -2.26. The Morgan fingerprint density at radius 2 is 1.76 bits per heavy atom. The van der Waals surface area contributed by atoms with E-state index in [1.165, 1.54) is 22.5 Å². The van der Waals surface area contributed by atoms with Gasteiger partial charge in [0.1, 0.15) is 5.82 Å². The fourth-order valence-corrected chi connectivity index (χ4v) is 4.89. The van der Waals surface area contributed by atoms with Gasteiger partial charge in [-0.25, -0.2) is 12.8 Å². The third kappa shape index (κ3) is 5.13. The predicted molar refractivity (Wildman–Crippen MR) is 112 cm³/mol. The molecule has 2 aromatic carbocycles. The van der Waals surface area contributed by atoms with Crippen LogP contribution in [0.5, 0.6) is 0 Å². The standard InChI is InChI=1S/C21H26FN3O3S/c1-16-6-11-19(29(27,28)25-12-4-3-5-13-25)14-20(16)23-21(26)15-24(2)18-9-7-17(22)8-10-18/h6-11,14H,3-5,12-13,15H2,1-2H3,(H,23,26). The molecule has 3 rings (SSSR count). The lowest BCUT2D eigenvalue weighted by Crippen LogP contribution is -2.35. The number of likely N-dealkylation sites (N-methyl/N-ethyl adjacent to an activating group) is 1. The molecular formula is C21H26FN3O3S. The van der Waals surface area contributed by atoms with Gasteiger partial charge in [-0.15, -0.1) is 0 Å². The number of halogens is 1. The summed E-state index contributed by atoms with van der Waals surface area (Å²) in [5.74, 6) is -0.624. The zero-order chi connectivity index (χ0) is 21.0. The van der Waals surface area contributed by atoms with Gasteiger partial charge in [0.25, 0.3) is 0 Å². The van der Waals surface area contributed by atoms with E-state index in [0.717, 1.165) is 24.8 Å². The van der Waals surface area contributed by atoms with E-state index < -0.39 is 10.0 Å². The summed E-state index contributed by atoms with van der Waals surface area (Å²) in [6.45, 7) is 2.92. The summed E-state index contributed by atoms with van der Waals surface area (Å²) in [6, 6.07) is 10.7. The van der Waals surface area contributed by atoms with E-state index in [0.29, 0.717) is 24.5 Å². The first-order valence-corrected chi connectivity index (χ1v) is 11.1. The van der Waals surface area contributed by atoms with E-state index in [1.54, 1.807) is 36.2 Å². The fourth-order valence-electron chi connectivity index (χ4n) is 3.34. The van der Waals surface area contributed by atoms with Crippen molar-refractivity contribution < 1.29 is 17.6 Å². The summed E-state index contributed by atoms with van der Waals surface area (Å²) in [6.07, 6.45) is 2.78. The van der Waals surface area contributed by atoms with Gasteiger partial charge in [-0.05, 0) is 61.7 Å². The summed E-state index contributed by atoms with van der Waals surface area (Å²) >= 11 is 0. The first-order chi connectivity index (χ1) is 13.8. The van der Waals surface area contributed by atoms with Crippen LogP contribution >= 0.6 is 0 Å². The average Bonchev–Trinajstić information content (AvgIpc) is 2.70. The Hall–Kier alpha value is -2.45. The number of piperidine rings is 1. The lowest BCUT2D eigenvalue weighted by atomic mass is 10.2. The number of sulfonamides is 1. The Balaban J connectivity index is 1.72. The molecule has 1 aliphatic rings. The number of rotatable bonds is 6. The molecule has 1 amide bonds. The molecule has 156 valence electrons. The quantitative estimate of drug-likeness (QED) is 0.779. The average molecular weight is 420 g/mol. The van der Waals surface area contributed by atoms with Crippen LogP contribution in [0.15, 0.2) is 47.4 Å². The highest BCUT2D eigenvalue weighted by Gasteiger charge is 2.26. The summed E-state index contributed by atoms with van der Waals surface area (Å²) in [4.78, 5) is 14.4. The van der Waals surface area contributed by atoms with Gasteiger partial charge in [-0.3, -0.25) is 4.79 Å². The van der Waals surface area contributed by atoms with Gasteiger partial charge in [0.05, 0.1) is 11.4 Å². The first kappa shape index (κ1) is 21.3. The number of hydrogen-bond acceptors (Lipinski definition) is 4. The second kappa shape index (κ2) is 8.92. The van der Waals surface area contributed by atoms with Crippen LogP contribution in [0.4, 0.5) is 15.8 Å². The SMILES string of the molecule is Cc1ccc(S(=O)(=O)N2CCCCC2)cc1NC(=O)CN(C)c1ccc(F)cc1. The topological polar surface area (TPSA) is 69.7 Å². The zero-order valence-corrected chi connectivity index (χ0v) is 17.5. The van der Waals surface area contributed by atoms with E-state index in [2.05, 4.69) is 5.32 Å². The van der Waals surface area contributed by atoms with Crippen molar-refractivity contribution in [3.63, 3.8) is 0 Å². The molecule has 1 saturated heterocycles. The van der Waals surface area contributed by atoms with Gasteiger partial charge in [0.15, 0.2) is 0 Å². The number of carbonyl (C=O) groups is 1. The molecule has 1 aliphatic heterocycles. The van der Waals surface area contributed by atoms with Crippen LogP contribution in [0.2, 0.25) is 0 Å². The van der Waals surface area contributed by atoms with Crippen LogP contribution in [0.1, 0.15) is 24.8 Å². The Kier molecular flexibility index (Phi) is 6.54. The number of benzene rings is 2. The molecule has 0 spiro atoms. The van der Waals surface area contributed by atoms with E-state index in [-0.39, 0.29) is 23.2 Å². The number of hydrogen-bond donors (Lipinski definition) is 1. The molecule has 0 saturated carbocycles. The Labute approximate surface area is 171 Å². The van der Waals surface area contributed by atoms with Crippen LogP contribution in [0.25, 0.3) is 0 Å². The predicted octanol–water partition coefficient (Wildman–Crippen LogP) is 3.38. The summed E-state index contributed by atoms with van der Waals surface area (Å²) < 4.78 is 40.4. The molecule has 0 unspecified atom stereocenters. The second-order valence-electron chi connectivity index (χ2n) is 7.32. The van der Waals surface area contributed by atoms with E-state index >= 15 is 0 Å². The van der Waals surface area contributed by atoms with Crippen LogP contribution in [-0.4, -0.2) is 45.3 Å². The van der Waals surface area contributed by atoms with Gasteiger partial charge in [-0.1, -0.05) is 12.5 Å². The van der Waals surface area contributed by atoms with Crippen molar-refractivity contribution in [2.24, 2.45) is 0 Å². The highest BCUT2D eigenvalue weighted by atomic mass is 32.2. The maximum Gasteiger partial charge on any atom is 0.243 e. The van der Waals surface area contributed by atoms with Crippen molar-refractivity contribution in [2.45, 2.75) is 31.1 Å². The van der Waals surface area contributed by atoms with E-state index in [1.807, 2.05) is 6.92 Å². The number of nitrogens with zero attached hydrogens (tertiary/aromatic N) is 2. The largest absolute Gasteiger partial charge is 0.365 e. The maximum absolute atomic E-state index is 13.1. The molecule has 0 bridgehead atoms. The molecule has 29 heavy (non-hydrogen) atoms. The molecule has 0 aromatic heterocycles. The maximum atomic E-state index is 13.1. The molecule has 6 nitrogen and oxygen atoms in total. The number of amides is 1. The van der Waals surface area contributed by atoms with Gasteiger partial charge in [0, 0.05) is 31.5 Å². The van der Waals surface area contributed by atoms with Crippen LogP contribution < -0.4 is 10.2 Å². The first-order valence-electron chi connectivity index (χ1n) is 9.65. The molecule has 0 radical (unpaired) electrons. The molecule has 1 N–H and O–H groups in total. The number of carbonyl (C=O) groups excluding carboxylic acids is 1. The van der Waals surface area contributed by atoms with Crippen molar-refractivity contribution in [1.82, 2.24) is 4.31 Å². The Morgan fingerprint density at radius 1 is 1.10 bits per heavy atom.